The summed E-state index contributed by atoms with van der Waals surface area (Å²) < 4.78 is 5.13. The molecule has 1 saturated carbocycles. The molecule has 1 aromatic carbocycles. The first-order chi connectivity index (χ1) is 8.61. The van der Waals surface area contributed by atoms with Crippen LogP contribution in [-0.4, -0.2) is 18.9 Å². The predicted molar refractivity (Wildman–Crippen MR) is 67.5 cm³/mol. The monoisotopic (exact) mass is 268 g/mol. The Balaban J connectivity index is 2.15. The lowest BCUT2D eigenvalue weighted by Crippen LogP contribution is -2.16. The van der Waals surface area contributed by atoms with Crippen molar-refractivity contribution in [3.05, 3.63) is 28.8 Å². The van der Waals surface area contributed by atoms with Crippen molar-refractivity contribution in [1.82, 2.24) is 0 Å². The number of nitrogens with two attached hydrogens (primary N) is 1. The van der Waals surface area contributed by atoms with E-state index in [0.717, 1.165) is 12.8 Å². The number of amidine groups is 1. The van der Waals surface area contributed by atoms with Crippen molar-refractivity contribution < 1.29 is 14.4 Å². The molecular formula is C12H13ClN2O3. The summed E-state index contributed by atoms with van der Waals surface area (Å²) in [6.07, 6.45) is 1.71. The molecule has 2 N–H and O–H groups in total. The summed E-state index contributed by atoms with van der Waals surface area (Å²) in [7, 11) is 1.51. The van der Waals surface area contributed by atoms with Gasteiger partial charge in [-0.15, -0.1) is 0 Å². The van der Waals surface area contributed by atoms with Crippen LogP contribution in [0.3, 0.4) is 0 Å². The van der Waals surface area contributed by atoms with Crippen LogP contribution in [0.1, 0.15) is 18.4 Å². The van der Waals surface area contributed by atoms with Gasteiger partial charge in [0.1, 0.15) is 5.75 Å². The summed E-state index contributed by atoms with van der Waals surface area (Å²) >= 11 is 5.87. The molecule has 0 bridgehead atoms. The van der Waals surface area contributed by atoms with E-state index < -0.39 is 0 Å². The molecule has 0 radical (unpaired) electrons. The fourth-order valence-electron chi connectivity index (χ4n) is 1.42. The molecule has 1 aliphatic carbocycles. The Morgan fingerprint density at radius 2 is 2.22 bits per heavy atom. The third-order valence-electron chi connectivity index (χ3n) is 2.58. The maximum absolute atomic E-state index is 11.3. The molecule has 18 heavy (non-hydrogen) atoms. The van der Waals surface area contributed by atoms with Crippen LogP contribution in [0, 0.1) is 5.92 Å². The Kier molecular flexibility index (Phi) is 3.72. The highest BCUT2D eigenvalue weighted by atomic mass is 35.5. The summed E-state index contributed by atoms with van der Waals surface area (Å²) in [5.74, 6) is 0.202. The quantitative estimate of drug-likeness (QED) is 0.392. The van der Waals surface area contributed by atoms with Crippen molar-refractivity contribution in [3.8, 4) is 5.75 Å². The van der Waals surface area contributed by atoms with E-state index >= 15 is 0 Å². The number of carbonyl (C=O) groups excluding carboxylic acids is 1. The van der Waals surface area contributed by atoms with E-state index in [1.54, 1.807) is 18.2 Å². The van der Waals surface area contributed by atoms with Gasteiger partial charge in [0.15, 0.2) is 5.84 Å². The Morgan fingerprint density at radius 1 is 1.50 bits per heavy atom. The van der Waals surface area contributed by atoms with Crippen molar-refractivity contribution in [2.24, 2.45) is 16.8 Å². The molecule has 0 heterocycles. The van der Waals surface area contributed by atoms with E-state index in [1.807, 2.05) is 0 Å². The summed E-state index contributed by atoms with van der Waals surface area (Å²) in [4.78, 5) is 16.1. The smallest absolute Gasteiger partial charge is 0.338 e. The van der Waals surface area contributed by atoms with Gasteiger partial charge >= 0.3 is 5.97 Å². The standard InChI is InChI=1S/C12H13ClN2O3/c1-17-10-5-4-8(13)6-9(10)11(14)15-18-12(16)7-2-3-7/h4-7H,2-3H2,1H3,(H2,14,15). The van der Waals surface area contributed by atoms with Crippen LogP contribution >= 0.6 is 11.6 Å². The molecular weight excluding hydrogens is 256 g/mol. The molecule has 0 spiro atoms. The van der Waals surface area contributed by atoms with E-state index in [9.17, 15) is 4.79 Å². The van der Waals surface area contributed by atoms with Gasteiger partial charge in [0.25, 0.3) is 0 Å². The van der Waals surface area contributed by atoms with Gasteiger partial charge in [0, 0.05) is 5.02 Å². The van der Waals surface area contributed by atoms with Crippen molar-refractivity contribution >= 4 is 23.4 Å². The third-order valence-corrected chi connectivity index (χ3v) is 2.82. The Hall–Kier alpha value is -1.75. The number of oxime groups is 1. The molecule has 1 fully saturated rings. The summed E-state index contributed by atoms with van der Waals surface area (Å²) in [5.41, 5.74) is 6.24. The minimum absolute atomic E-state index is 0.0252. The Labute approximate surface area is 109 Å². The summed E-state index contributed by atoms with van der Waals surface area (Å²) in [6, 6.07) is 4.94. The average Bonchev–Trinajstić information content (AvgIpc) is 3.19. The molecule has 0 unspecified atom stereocenters. The topological polar surface area (TPSA) is 73.9 Å². The lowest BCUT2D eigenvalue weighted by molar-refractivity contribution is -0.145. The maximum atomic E-state index is 11.3. The predicted octanol–water partition coefficient (Wildman–Crippen LogP) is 1.92. The number of halogens is 1. The normalized spacial score (nSPS) is 15.3. The van der Waals surface area contributed by atoms with Crippen LogP contribution in [0.25, 0.3) is 0 Å². The van der Waals surface area contributed by atoms with E-state index in [0.29, 0.717) is 16.3 Å². The molecule has 0 saturated heterocycles. The second-order valence-corrected chi connectivity index (χ2v) is 4.44. The Bertz CT molecular complexity index is 498. The lowest BCUT2D eigenvalue weighted by atomic mass is 10.2. The van der Waals surface area contributed by atoms with Gasteiger partial charge in [-0.05, 0) is 31.0 Å². The minimum atomic E-state index is -0.348. The largest absolute Gasteiger partial charge is 0.496 e. The van der Waals surface area contributed by atoms with Crippen molar-refractivity contribution in [2.75, 3.05) is 7.11 Å². The van der Waals surface area contributed by atoms with Crippen molar-refractivity contribution in [3.63, 3.8) is 0 Å². The number of carbonyl (C=O) groups is 1. The van der Waals surface area contributed by atoms with Gasteiger partial charge in [-0.3, -0.25) is 0 Å². The first kappa shape index (κ1) is 12.7. The van der Waals surface area contributed by atoms with E-state index in [1.165, 1.54) is 7.11 Å². The molecule has 1 aliphatic rings. The molecule has 0 aromatic heterocycles. The van der Waals surface area contributed by atoms with Gasteiger partial charge in [0.2, 0.25) is 0 Å². The van der Waals surface area contributed by atoms with Gasteiger partial charge < -0.3 is 15.3 Å². The van der Waals surface area contributed by atoms with Crippen molar-refractivity contribution in [2.45, 2.75) is 12.8 Å². The van der Waals surface area contributed by atoms with Crippen LogP contribution in [0.4, 0.5) is 0 Å². The van der Waals surface area contributed by atoms with Gasteiger partial charge in [-0.2, -0.15) is 0 Å². The van der Waals surface area contributed by atoms with Crippen LogP contribution < -0.4 is 10.5 Å². The number of rotatable bonds is 4. The van der Waals surface area contributed by atoms with E-state index in [-0.39, 0.29) is 17.7 Å². The van der Waals surface area contributed by atoms with Crippen molar-refractivity contribution in [1.29, 1.82) is 0 Å². The fourth-order valence-corrected chi connectivity index (χ4v) is 1.59. The fraction of sp³-hybridized carbons (Fsp3) is 0.333. The average molecular weight is 269 g/mol. The molecule has 0 aliphatic heterocycles. The second-order valence-electron chi connectivity index (χ2n) is 4.01. The number of benzene rings is 1. The zero-order chi connectivity index (χ0) is 13.1. The van der Waals surface area contributed by atoms with Gasteiger partial charge in [0.05, 0.1) is 18.6 Å². The first-order valence-electron chi connectivity index (χ1n) is 5.50. The number of nitrogens with zero attached hydrogens (tertiary/aromatic N) is 1. The summed E-state index contributed by atoms with van der Waals surface area (Å²) in [6.45, 7) is 0. The van der Waals surface area contributed by atoms with Gasteiger partial charge in [-0.25, -0.2) is 4.79 Å². The molecule has 0 amide bonds. The van der Waals surface area contributed by atoms with E-state index in [2.05, 4.69) is 5.16 Å². The van der Waals surface area contributed by atoms with Crippen LogP contribution in [0.2, 0.25) is 5.02 Å². The number of hydrogen-bond donors (Lipinski definition) is 1. The number of ether oxygens (including phenoxy) is 1. The van der Waals surface area contributed by atoms with Crippen LogP contribution in [0.5, 0.6) is 5.75 Å². The zero-order valence-corrected chi connectivity index (χ0v) is 10.6. The lowest BCUT2D eigenvalue weighted by Gasteiger charge is -2.07. The Morgan fingerprint density at radius 3 is 2.83 bits per heavy atom. The molecule has 2 rings (SSSR count). The molecule has 96 valence electrons. The third kappa shape index (κ3) is 2.92. The zero-order valence-electron chi connectivity index (χ0n) is 9.85. The number of hydrogen-bond acceptors (Lipinski definition) is 4. The molecule has 1 aromatic rings. The molecule has 5 nitrogen and oxygen atoms in total. The van der Waals surface area contributed by atoms with E-state index in [4.69, 9.17) is 26.9 Å². The summed E-state index contributed by atoms with van der Waals surface area (Å²) in [5, 5.41) is 4.11. The highest BCUT2D eigenvalue weighted by molar-refractivity contribution is 6.31. The second kappa shape index (κ2) is 5.27. The van der Waals surface area contributed by atoms with Crippen LogP contribution in [0.15, 0.2) is 23.4 Å². The SMILES string of the molecule is COc1ccc(Cl)cc1/C(N)=N/OC(=O)C1CC1. The highest BCUT2D eigenvalue weighted by Crippen LogP contribution is 2.30. The highest BCUT2D eigenvalue weighted by Gasteiger charge is 2.31. The van der Waals surface area contributed by atoms with Crippen LogP contribution in [-0.2, 0) is 9.63 Å². The maximum Gasteiger partial charge on any atom is 0.338 e. The minimum Gasteiger partial charge on any atom is -0.496 e. The number of methoxy groups -OCH3 is 1. The first-order valence-corrected chi connectivity index (χ1v) is 5.88. The molecule has 0 atom stereocenters. The van der Waals surface area contributed by atoms with Gasteiger partial charge in [-0.1, -0.05) is 16.8 Å². The molecule has 6 heteroatoms.